The number of hydrogen-bond acceptors (Lipinski definition) is 6. The van der Waals surface area contributed by atoms with Crippen molar-refractivity contribution < 1.29 is 23.8 Å². The molecule has 22 heavy (non-hydrogen) atoms. The molecule has 2 aliphatic heterocycles. The molecule has 2 saturated heterocycles. The Morgan fingerprint density at radius 1 is 1.45 bits per heavy atom. The lowest BCUT2D eigenvalue weighted by molar-refractivity contribution is -0.198. The predicted molar refractivity (Wildman–Crippen MR) is 76.5 cm³/mol. The first kappa shape index (κ1) is 14.8. The second kappa shape index (κ2) is 5.58. The second-order valence-electron chi connectivity index (χ2n) is 5.37. The van der Waals surface area contributed by atoms with Gasteiger partial charge in [-0.1, -0.05) is 12.1 Å². The molecular formula is C15H18N2O5. The fourth-order valence-corrected chi connectivity index (χ4v) is 2.85. The number of nitrogens with one attached hydrogen (secondary N) is 1. The van der Waals surface area contributed by atoms with Crippen molar-refractivity contribution in [1.82, 2.24) is 5.32 Å². The van der Waals surface area contributed by atoms with Crippen LogP contribution in [-0.4, -0.2) is 37.7 Å². The maximum absolute atomic E-state index is 12.1. The third kappa shape index (κ3) is 2.42. The number of carbonyl (C=O) groups is 2. The van der Waals surface area contributed by atoms with E-state index in [1.165, 1.54) is 7.11 Å². The number of nitrogen functional groups attached to an aromatic ring is 1. The minimum absolute atomic E-state index is 0.374. The number of methoxy groups -OCH3 is 1. The third-order valence-corrected chi connectivity index (χ3v) is 3.91. The maximum Gasteiger partial charge on any atom is 0.338 e. The van der Waals surface area contributed by atoms with Crippen LogP contribution in [0.2, 0.25) is 0 Å². The molecule has 2 aliphatic rings. The first-order valence-corrected chi connectivity index (χ1v) is 7.13. The van der Waals surface area contributed by atoms with E-state index in [0.29, 0.717) is 30.6 Å². The van der Waals surface area contributed by atoms with Crippen molar-refractivity contribution in [2.75, 3.05) is 19.4 Å². The van der Waals surface area contributed by atoms with Crippen molar-refractivity contribution >= 4 is 17.6 Å². The molecule has 0 aliphatic carbocycles. The smallest absolute Gasteiger partial charge is 0.338 e. The molecule has 0 spiro atoms. The standard InChI is InChI=1S/C15H18N2O5/c1-20-14(19)12-11-13(18)17-7-3-6-15(21-11,22-12)9-4-2-5-10(16)8-9/h2,4-5,8,11-12H,3,6-7,16H2,1H3,(H,17,18)/t11-,12-,15-/m1/s1. The van der Waals surface area contributed by atoms with Crippen molar-refractivity contribution in [2.24, 2.45) is 0 Å². The zero-order valence-electron chi connectivity index (χ0n) is 12.2. The van der Waals surface area contributed by atoms with E-state index in [1.54, 1.807) is 18.2 Å². The van der Waals surface area contributed by atoms with E-state index in [0.717, 1.165) is 0 Å². The molecule has 7 heteroatoms. The van der Waals surface area contributed by atoms with Crippen LogP contribution in [0.4, 0.5) is 5.69 Å². The highest BCUT2D eigenvalue weighted by molar-refractivity contribution is 5.89. The lowest BCUT2D eigenvalue weighted by Crippen LogP contribution is -2.45. The Bertz CT molecular complexity index is 605. The molecule has 118 valence electrons. The van der Waals surface area contributed by atoms with Gasteiger partial charge >= 0.3 is 5.97 Å². The summed E-state index contributed by atoms with van der Waals surface area (Å²) >= 11 is 0. The van der Waals surface area contributed by atoms with Crippen molar-refractivity contribution in [2.45, 2.75) is 30.8 Å². The first-order chi connectivity index (χ1) is 10.6. The van der Waals surface area contributed by atoms with Crippen LogP contribution in [0.3, 0.4) is 0 Å². The summed E-state index contributed by atoms with van der Waals surface area (Å²) in [6, 6.07) is 7.08. The SMILES string of the molecule is COC(=O)[C@@H]1O[C@@]2(c3cccc(N)c3)CCCNC(=O)[C@@H]1O2. The highest BCUT2D eigenvalue weighted by atomic mass is 16.8. The van der Waals surface area contributed by atoms with E-state index >= 15 is 0 Å². The normalized spacial score (nSPS) is 31.0. The van der Waals surface area contributed by atoms with E-state index in [-0.39, 0.29) is 5.91 Å². The molecule has 3 N–H and O–H groups in total. The summed E-state index contributed by atoms with van der Waals surface area (Å²) in [6.45, 7) is 0.500. The summed E-state index contributed by atoms with van der Waals surface area (Å²) in [6.07, 6.45) is -0.972. The Hall–Kier alpha value is -2.12. The van der Waals surface area contributed by atoms with Gasteiger partial charge in [-0.3, -0.25) is 4.79 Å². The number of benzene rings is 1. The Morgan fingerprint density at radius 2 is 2.27 bits per heavy atom. The van der Waals surface area contributed by atoms with Crippen molar-refractivity contribution in [3.63, 3.8) is 0 Å². The van der Waals surface area contributed by atoms with Gasteiger partial charge in [-0.25, -0.2) is 4.79 Å². The minimum Gasteiger partial charge on any atom is -0.467 e. The average molecular weight is 306 g/mol. The Kier molecular flexibility index (Phi) is 3.76. The van der Waals surface area contributed by atoms with Crippen molar-refractivity contribution in [1.29, 1.82) is 0 Å². The number of rotatable bonds is 2. The zero-order chi connectivity index (χ0) is 15.7. The summed E-state index contributed by atoms with van der Waals surface area (Å²) in [5.41, 5.74) is 7.08. The van der Waals surface area contributed by atoms with Crippen LogP contribution in [0.1, 0.15) is 18.4 Å². The number of ether oxygens (including phenoxy) is 3. The number of fused-ring (bicyclic) bond motifs is 2. The van der Waals surface area contributed by atoms with Crippen LogP contribution in [0, 0.1) is 0 Å². The molecule has 0 saturated carbocycles. The molecule has 2 fully saturated rings. The van der Waals surface area contributed by atoms with Crippen molar-refractivity contribution in [3.8, 4) is 0 Å². The Labute approximate surface area is 127 Å². The van der Waals surface area contributed by atoms with Crippen LogP contribution < -0.4 is 11.1 Å². The molecule has 3 rings (SSSR count). The summed E-state index contributed by atoms with van der Waals surface area (Å²) in [4.78, 5) is 24.1. The van der Waals surface area contributed by atoms with Crippen LogP contribution in [0.5, 0.6) is 0 Å². The first-order valence-electron chi connectivity index (χ1n) is 7.13. The Morgan fingerprint density at radius 3 is 3.00 bits per heavy atom. The van der Waals surface area contributed by atoms with Gasteiger partial charge < -0.3 is 25.3 Å². The molecule has 2 bridgehead atoms. The molecule has 1 amide bonds. The van der Waals surface area contributed by atoms with Crippen LogP contribution >= 0.6 is 0 Å². The van der Waals surface area contributed by atoms with Gasteiger partial charge in [0.1, 0.15) is 0 Å². The second-order valence-corrected chi connectivity index (χ2v) is 5.37. The third-order valence-electron chi connectivity index (χ3n) is 3.91. The number of hydrogen-bond donors (Lipinski definition) is 2. The highest BCUT2D eigenvalue weighted by Crippen LogP contribution is 2.43. The zero-order valence-corrected chi connectivity index (χ0v) is 12.2. The topological polar surface area (TPSA) is 99.9 Å². The number of anilines is 1. The quantitative estimate of drug-likeness (QED) is 0.602. The van der Waals surface area contributed by atoms with Crippen LogP contribution in [-0.2, 0) is 29.6 Å². The number of carbonyl (C=O) groups excluding carboxylic acids is 2. The fraction of sp³-hybridized carbons (Fsp3) is 0.467. The van der Waals surface area contributed by atoms with E-state index in [4.69, 9.17) is 19.9 Å². The fourth-order valence-electron chi connectivity index (χ4n) is 2.85. The molecule has 1 aromatic carbocycles. The number of nitrogens with two attached hydrogens (primary N) is 1. The lowest BCUT2D eigenvalue weighted by atomic mass is 9.99. The predicted octanol–water partition coefficient (Wildman–Crippen LogP) is 0.289. The van der Waals surface area contributed by atoms with Crippen LogP contribution in [0.15, 0.2) is 24.3 Å². The minimum atomic E-state index is -1.16. The molecule has 0 unspecified atom stereocenters. The maximum atomic E-state index is 12.1. The monoisotopic (exact) mass is 306 g/mol. The van der Waals surface area contributed by atoms with E-state index in [9.17, 15) is 9.59 Å². The van der Waals surface area contributed by atoms with E-state index in [1.807, 2.05) is 6.07 Å². The highest BCUT2D eigenvalue weighted by Gasteiger charge is 2.55. The van der Waals surface area contributed by atoms with Gasteiger partial charge in [0.25, 0.3) is 5.91 Å². The van der Waals surface area contributed by atoms with Gasteiger partial charge in [-0.05, 0) is 18.6 Å². The Balaban J connectivity index is 2.02. The number of esters is 1. The summed E-state index contributed by atoms with van der Waals surface area (Å²) in [7, 11) is 1.25. The lowest BCUT2D eigenvalue weighted by Gasteiger charge is -2.30. The van der Waals surface area contributed by atoms with Gasteiger partial charge in [0, 0.05) is 24.2 Å². The molecule has 2 heterocycles. The summed E-state index contributed by atoms with van der Waals surface area (Å²) in [5.74, 6) is -2.16. The molecule has 3 atom stereocenters. The summed E-state index contributed by atoms with van der Waals surface area (Å²) in [5, 5.41) is 2.72. The van der Waals surface area contributed by atoms with E-state index in [2.05, 4.69) is 5.32 Å². The van der Waals surface area contributed by atoms with Gasteiger partial charge in [0.15, 0.2) is 18.0 Å². The summed E-state index contributed by atoms with van der Waals surface area (Å²) < 4.78 is 16.5. The van der Waals surface area contributed by atoms with Gasteiger partial charge in [-0.2, -0.15) is 0 Å². The largest absolute Gasteiger partial charge is 0.467 e. The van der Waals surface area contributed by atoms with E-state index < -0.39 is 24.0 Å². The molecule has 1 aromatic rings. The number of amides is 1. The van der Waals surface area contributed by atoms with Gasteiger partial charge in [0.2, 0.25) is 0 Å². The average Bonchev–Trinajstić information content (AvgIpc) is 2.92. The van der Waals surface area contributed by atoms with Gasteiger partial charge in [0.05, 0.1) is 7.11 Å². The molecule has 0 radical (unpaired) electrons. The molecular weight excluding hydrogens is 288 g/mol. The molecule has 0 aromatic heterocycles. The van der Waals surface area contributed by atoms with Crippen LogP contribution in [0.25, 0.3) is 0 Å². The van der Waals surface area contributed by atoms with Gasteiger partial charge in [-0.15, -0.1) is 0 Å². The molecule has 7 nitrogen and oxygen atoms in total. The van der Waals surface area contributed by atoms with Crippen molar-refractivity contribution in [3.05, 3.63) is 29.8 Å².